The van der Waals surface area contributed by atoms with Crippen LogP contribution in [0.5, 0.6) is 11.5 Å². The van der Waals surface area contributed by atoms with Crippen molar-refractivity contribution in [3.8, 4) is 11.5 Å². The SMILES string of the molecule is CNS(=O)(=O)c1cc(O)c(O)c2c1CN(Cc1ccc(F)c(Cl)c1)C2=O. The Morgan fingerprint density at radius 3 is 2.62 bits per heavy atom. The summed E-state index contributed by atoms with van der Waals surface area (Å²) in [6, 6.07) is 4.85. The molecular weight excluding hydrogens is 387 g/mol. The monoisotopic (exact) mass is 400 g/mol. The first-order valence-electron chi connectivity index (χ1n) is 7.40. The van der Waals surface area contributed by atoms with Gasteiger partial charge >= 0.3 is 0 Å². The molecule has 2 aromatic rings. The molecule has 1 amide bonds. The molecule has 0 saturated heterocycles. The summed E-state index contributed by atoms with van der Waals surface area (Å²) in [6.45, 7) is -0.0833. The third-order valence-electron chi connectivity index (χ3n) is 4.11. The molecule has 2 aromatic carbocycles. The van der Waals surface area contributed by atoms with Crippen LogP contribution in [0.1, 0.15) is 21.5 Å². The highest BCUT2D eigenvalue weighted by Crippen LogP contribution is 2.41. The lowest BCUT2D eigenvalue weighted by atomic mass is 10.1. The summed E-state index contributed by atoms with van der Waals surface area (Å²) in [7, 11) is -2.77. The van der Waals surface area contributed by atoms with Gasteiger partial charge in [0.15, 0.2) is 11.5 Å². The molecule has 10 heteroatoms. The highest BCUT2D eigenvalue weighted by Gasteiger charge is 2.37. The number of halogens is 2. The predicted molar refractivity (Wildman–Crippen MR) is 91.0 cm³/mol. The van der Waals surface area contributed by atoms with Crippen LogP contribution in [0.2, 0.25) is 5.02 Å². The van der Waals surface area contributed by atoms with Gasteiger partial charge in [0.05, 0.1) is 15.5 Å². The molecule has 3 rings (SSSR count). The van der Waals surface area contributed by atoms with Gasteiger partial charge in [0.1, 0.15) is 5.82 Å². The Hall–Kier alpha value is -2.36. The summed E-state index contributed by atoms with van der Waals surface area (Å²) < 4.78 is 39.8. The average Bonchev–Trinajstić information content (AvgIpc) is 2.91. The summed E-state index contributed by atoms with van der Waals surface area (Å²) in [4.78, 5) is 13.6. The molecule has 0 aliphatic carbocycles. The van der Waals surface area contributed by atoms with Gasteiger partial charge in [-0.05, 0) is 24.7 Å². The van der Waals surface area contributed by atoms with E-state index in [1.807, 2.05) is 0 Å². The zero-order valence-electron chi connectivity index (χ0n) is 13.5. The van der Waals surface area contributed by atoms with Crippen LogP contribution in [0, 0.1) is 5.82 Å². The minimum absolute atomic E-state index is 0.0206. The number of hydrogen-bond donors (Lipinski definition) is 3. The number of benzene rings is 2. The van der Waals surface area contributed by atoms with Crippen LogP contribution in [0.4, 0.5) is 4.39 Å². The topological polar surface area (TPSA) is 107 Å². The van der Waals surface area contributed by atoms with Crippen LogP contribution in [0.3, 0.4) is 0 Å². The third-order valence-corrected chi connectivity index (χ3v) is 5.88. The van der Waals surface area contributed by atoms with Crippen LogP contribution < -0.4 is 4.72 Å². The maximum atomic E-state index is 13.3. The maximum Gasteiger partial charge on any atom is 0.258 e. The zero-order valence-corrected chi connectivity index (χ0v) is 15.0. The smallest absolute Gasteiger partial charge is 0.258 e. The number of carbonyl (C=O) groups is 1. The largest absolute Gasteiger partial charge is 0.504 e. The van der Waals surface area contributed by atoms with Crippen molar-refractivity contribution >= 4 is 27.5 Å². The predicted octanol–water partition coefficient (Wildman–Crippen LogP) is 1.95. The van der Waals surface area contributed by atoms with Crippen molar-refractivity contribution in [1.29, 1.82) is 0 Å². The number of phenols is 2. The van der Waals surface area contributed by atoms with E-state index in [-0.39, 0.29) is 34.1 Å². The van der Waals surface area contributed by atoms with Gasteiger partial charge < -0.3 is 15.1 Å². The van der Waals surface area contributed by atoms with E-state index in [0.29, 0.717) is 5.56 Å². The number of fused-ring (bicyclic) bond motifs is 1. The van der Waals surface area contributed by atoms with Crippen LogP contribution in [-0.2, 0) is 23.1 Å². The highest BCUT2D eigenvalue weighted by molar-refractivity contribution is 7.89. The van der Waals surface area contributed by atoms with Gasteiger partial charge in [0.25, 0.3) is 5.91 Å². The number of nitrogens with one attached hydrogen (secondary N) is 1. The normalized spacial score (nSPS) is 14.0. The van der Waals surface area contributed by atoms with Gasteiger partial charge in [-0.15, -0.1) is 0 Å². The number of phenolic OH excluding ortho intramolecular Hbond substituents is 2. The number of sulfonamides is 1. The lowest BCUT2D eigenvalue weighted by Gasteiger charge is -2.16. The molecule has 0 atom stereocenters. The molecule has 0 unspecified atom stereocenters. The first-order chi connectivity index (χ1) is 12.2. The van der Waals surface area contributed by atoms with E-state index in [2.05, 4.69) is 4.72 Å². The number of rotatable bonds is 4. The second kappa shape index (κ2) is 6.42. The average molecular weight is 401 g/mol. The van der Waals surface area contributed by atoms with Gasteiger partial charge in [-0.1, -0.05) is 17.7 Å². The Morgan fingerprint density at radius 2 is 2.00 bits per heavy atom. The Balaban J connectivity index is 2.04. The second-order valence-electron chi connectivity index (χ2n) is 5.71. The number of carbonyl (C=O) groups excluding carboxylic acids is 1. The molecule has 1 heterocycles. The lowest BCUT2D eigenvalue weighted by molar-refractivity contribution is 0.0764. The minimum Gasteiger partial charge on any atom is -0.504 e. The molecule has 0 bridgehead atoms. The van der Waals surface area contributed by atoms with E-state index < -0.39 is 33.2 Å². The van der Waals surface area contributed by atoms with Gasteiger partial charge in [-0.3, -0.25) is 4.79 Å². The number of nitrogens with zero attached hydrogens (tertiary/aromatic N) is 1. The Kier molecular flexibility index (Phi) is 4.55. The van der Waals surface area contributed by atoms with E-state index in [1.165, 1.54) is 24.1 Å². The molecule has 3 N–H and O–H groups in total. The van der Waals surface area contributed by atoms with E-state index in [4.69, 9.17) is 11.6 Å². The van der Waals surface area contributed by atoms with Gasteiger partial charge in [0, 0.05) is 24.7 Å². The van der Waals surface area contributed by atoms with E-state index in [9.17, 15) is 27.8 Å². The zero-order chi connectivity index (χ0) is 19.2. The first kappa shape index (κ1) is 18.4. The van der Waals surface area contributed by atoms with Crippen molar-refractivity contribution in [2.45, 2.75) is 18.0 Å². The Bertz CT molecular complexity index is 1030. The van der Waals surface area contributed by atoms with Crippen molar-refractivity contribution in [2.75, 3.05) is 7.05 Å². The van der Waals surface area contributed by atoms with Crippen LogP contribution in [0.25, 0.3) is 0 Å². The summed E-state index contributed by atoms with van der Waals surface area (Å²) in [5.41, 5.74) is 0.333. The van der Waals surface area contributed by atoms with Gasteiger partial charge in [0.2, 0.25) is 10.0 Å². The molecule has 0 spiro atoms. The summed E-state index contributed by atoms with van der Waals surface area (Å²) in [5.74, 6) is -2.64. The molecule has 7 nitrogen and oxygen atoms in total. The van der Waals surface area contributed by atoms with Crippen molar-refractivity contribution in [1.82, 2.24) is 9.62 Å². The molecule has 0 aromatic heterocycles. The van der Waals surface area contributed by atoms with Crippen molar-refractivity contribution in [2.24, 2.45) is 0 Å². The molecule has 0 fully saturated rings. The van der Waals surface area contributed by atoms with Crippen LogP contribution in [0.15, 0.2) is 29.2 Å². The summed E-state index contributed by atoms with van der Waals surface area (Å²) in [6.07, 6.45) is 0. The standard InChI is InChI=1S/C16H14ClFN2O5S/c1-19-26(24,25)13-5-12(21)15(22)14-9(13)7-20(16(14)23)6-8-2-3-11(18)10(17)4-8/h2-5,19,21-22H,6-7H2,1H3. The minimum atomic E-state index is -3.97. The fourth-order valence-electron chi connectivity index (χ4n) is 2.82. The molecular formula is C16H14ClFN2O5S. The summed E-state index contributed by atoms with van der Waals surface area (Å²) >= 11 is 5.74. The number of aromatic hydroxyl groups is 2. The molecule has 0 radical (unpaired) electrons. The van der Waals surface area contributed by atoms with Crippen molar-refractivity contribution < 1.29 is 27.8 Å². The Labute approximate surface area is 153 Å². The quantitative estimate of drug-likeness (QED) is 0.680. The fraction of sp³-hybridized carbons (Fsp3) is 0.188. The van der Waals surface area contributed by atoms with Crippen LogP contribution in [-0.4, -0.2) is 36.5 Å². The number of amides is 1. The first-order valence-corrected chi connectivity index (χ1v) is 9.26. The van der Waals surface area contributed by atoms with Gasteiger partial charge in [-0.25, -0.2) is 17.5 Å². The Morgan fingerprint density at radius 1 is 1.31 bits per heavy atom. The number of hydrogen-bond acceptors (Lipinski definition) is 5. The van der Waals surface area contributed by atoms with Crippen molar-refractivity contribution in [3.63, 3.8) is 0 Å². The molecule has 138 valence electrons. The third kappa shape index (κ3) is 2.98. The van der Waals surface area contributed by atoms with E-state index in [0.717, 1.165) is 12.1 Å². The van der Waals surface area contributed by atoms with Crippen molar-refractivity contribution in [3.05, 3.63) is 51.8 Å². The molecule has 0 saturated carbocycles. The van der Waals surface area contributed by atoms with Gasteiger partial charge in [-0.2, -0.15) is 0 Å². The highest BCUT2D eigenvalue weighted by atomic mass is 35.5. The van der Waals surface area contributed by atoms with E-state index in [1.54, 1.807) is 0 Å². The molecule has 26 heavy (non-hydrogen) atoms. The second-order valence-corrected chi connectivity index (χ2v) is 7.98. The summed E-state index contributed by atoms with van der Waals surface area (Å²) in [5, 5.41) is 19.7. The molecule has 1 aliphatic rings. The van der Waals surface area contributed by atoms with Crippen LogP contribution >= 0.6 is 11.6 Å². The fourth-order valence-corrected chi connectivity index (χ4v) is 4.00. The molecule has 1 aliphatic heterocycles. The lowest BCUT2D eigenvalue weighted by Crippen LogP contribution is -2.23. The van der Waals surface area contributed by atoms with E-state index >= 15 is 0 Å². The maximum absolute atomic E-state index is 13.3.